The second-order valence-electron chi connectivity index (χ2n) is 21.0. The van der Waals surface area contributed by atoms with Crippen LogP contribution < -0.4 is 24.0 Å². The van der Waals surface area contributed by atoms with Gasteiger partial charge in [-0.15, -0.1) is 5.92 Å². The summed E-state index contributed by atoms with van der Waals surface area (Å²) >= 11 is 0. The maximum absolute atomic E-state index is 18.0. The molecule has 0 spiro atoms. The van der Waals surface area contributed by atoms with Crippen LogP contribution in [-0.2, 0) is 46.6 Å². The van der Waals surface area contributed by atoms with Crippen LogP contribution in [0.3, 0.4) is 0 Å². The molecule has 4 saturated heterocycles. The summed E-state index contributed by atoms with van der Waals surface area (Å²) in [4.78, 5) is 46.2. The highest BCUT2D eigenvalue weighted by Gasteiger charge is 2.53. The fourth-order valence-electron chi connectivity index (χ4n) is 11.6. The van der Waals surface area contributed by atoms with Crippen LogP contribution in [0.2, 0.25) is 0 Å². The summed E-state index contributed by atoms with van der Waals surface area (Å²) in [5, 5.41) is 0. The number of hydrogen-bond donors (Lipinski definition) is 0. The molecule has 0 aliphatic carbocycles. The van der Waals surface area contributed by atoms with E-state index in [2.05, 4.69) is 21.6 Å². The van der Waals surface area contributed by atoms with Gasteiger partial charge in [0.1, 0.15) is 29.5 Å². The average Bonchev–Trinajstić information content (AvgIpc) is 4.01. The monoisotopic (exact) mass is 1010 g/mol. The molecular weight excluding hydrogens is 947 g/mol. The predicted molar refractivity (Wildman–Crippen MR) is 266 cm³/mol. The standard InChI is InChI=1S/C55H65F4N7O7/c1-9-11-36-26-44(63(28-34-12-18-39(69-7)19-13-34)29-35-14-20-40(70-8)21-15-35)48(56)46(47(36)55(57,58)59)45-27-42-41(32-71-45)49(64-30-37-16-17-38(31-64)66(37)52(68)73-53(2,3)4)61-51(60-42)72-33-54-23-10-25-65(54)43(22-24-54)50(67)62(5)6/h12-15,18-21,26,37-38,43,45H,10,16-17,22-25,27-33H2,1-8H3/t37?,38?,43-,45+,54?/m1/s1. The normalized spacial score (nSPS) is 22.5. The molecule has 3 aromatic carbocycles. The second-order valence-corrected chi connectivity index (χ2v) is 21.0. The van der Waals surface area contributed by atoms with E-state index in [-0.39, 0.29) is 80.1 Å². The van der Waals surface area contributed by atoms with Gasteiger partial charge in [0, 0.05) is 63.4 Å². The van der Waals surface area contributed by atoms with E-state index in [1.54, 1.807) is 62.4 Å². The molecular formula is C55H65F4N7O7. The topological polar surface area (TPSA) is 122 Å². The quantitative estimate of drug-likeness (QED) is 0.0939. The number of anilines is 2. The number of benzene rings is 3. The fourth-order valence-corrected chi connectivity index (χ4v) is 11.6. The summed E-state index contributed by atoms with van der Waals surface area (Å²) in [7, 11) is 6.62. The number of nitrogens with zero attached hydrogens (tertiary/aromatic N) is 7. The third-order valence-corrected chi connectivity index (χ3v) is 14.9. The zero-order valence-corrected chi connectivity index (χ0v) is 42.9. The van der Waals surface area contributed by atoms with Gasteiger partial charge < -0.3 is 38.4 Å². The largest absolute Gasteiger partial charge is 0.497 e. The van der Waals surface area contributed by atoms with Gasteiger partial charge in [-0.25, -0.2) is 9.18 Å². The number of fused-ring (bicyclic) bond motifs is 4. The van der Waals surface area contributed by atoms with Crippen LogP contribution in [0.1, 0.15) is 111 Å². The molecule has 2 amide bonds. The molecule has 6 heterocycles. The number of ether oxygens (including phenoxy) is 5. The third-order valence-electron chi connectivity index (χ3n) is 14.9. The minimum Gasteiger partial charge on any atom is -0.497 e. The average molecular weight is 1010 g/mol. The SMILES string of the molecule is CC#Cc1cc(N(Cc2ccc(OC)cc2)Cc2ccc(OC)cc2)c(F)c([C@@H]2Cc3nc(OCC45CCCN4[C@@H](C(=O)N(C)C)CC5)nc(N4CC5CCC(C4)N5C(=O)OC(C)(C)C)c3CO2)c1C(F)(F)F. The van der Waals surface area contributed by atoms with E-state index >= 15 is 17.6 Å². The maximum Gasteiger partial charge on any atom is 0.418 e. The number of halogens is 4. The van der Waals surface area contributed by atoms with Gasteiger partial charge >= 0.3 is 18.3 Å². The molecule has 3 unspecified atom stereocenters. The molecule has 18 heteroatoms. The lowest BCUT2D eigenvalue weighted by atomic mass is 9.90. The van der Waals surface area contributed by atoms with E-state index in [9.17, 15) is 9.59 Å². The molecule has 1 aromatic heterocycles. The first-order valence-corrected chi connectivity index (χ1v) is 25.0. The highest BCUT2D eigenvalue weighted by Crippen LogP contribution is 2.48. The van der Waals surface area contributed by atoms with Crippen molar-refractivity contribution in [3.8, 4) is 29.4 Å². The number of likely N-dealkylation sites (N-methyl/N-ethyl adjacent to an activating group) is 1. The molecule has 9 rings (SSSR count). The molecule has 390 valence electrons. The highest BCUT2D eigenvalue weighted by atomic mass is 19.4. The van der Waals surface area contributed by atoms with Crippen LogP contribution in [0.5, 0.6) is 17.5 Å². The molecule has 5 aliphatic heterocycles. The Kier molecular flexibility index (Phi) is 14.5. The molecule has 0 radical (unpaired) electrons. The van der Waals surface area contributed by atoms with Gasteiger partial charge in [0.05, 0.1) is 67.5 Å². The highest BCUT2D eigenvalue weighted by molar-refractivity contribution is 5.82. The molecule has 73 heavy (non-hydrogen) atoms. The number of piperazine rings is 1. The first-order valence-electron chi connectivity index (χ1n) is 25.0. The van der Waals surface area contributed by atoms with Gasteiger partial charge in [0.25, 0.3) is 0 Å². The van der Waals surface area contributed by atoms with Crippen molar-refractivity contribution < 1.29 is 50.8 Å². The van der Waals surface area contributed by atoms with E-state index in [4.69, 9.17) is 33.7 Å². The van der Waals surface area contributed by atoms with E-state index in [1.165, 1.54) is 13.0 Å². The van der Waals surface area contributed by atoms with Crippen molar-refractivity contribution in [1.29, 1.82) is 0 Å². The lowest BCUT2D eigenvalue weighted by Gasteiger charge is -2.42. The summed E-state index contributed by atoms with van der Waals surface area (Å²) in [6.07, 6.45) is -2.55. The van der Waals surface area contributed by atoms with Gasteiger partial charge in [0.15, 0.2) is 5.82 Å². The van der Waals surface area contributed by atoms with Gasteiger partial charge in [-0.2, -0.15) is 23.1 Å². The first-order chi connectivity index (χ1) is 34.8. The molecule has 5 aliphatic rings. The lowest BCUT2D eigenvalue weighted by Crippen LogP contribution is -2.57. The van der Waals surface area contributed by atoms with Crippen LogP contribution in [0, 0.1) is 17.7 Å². The Bertz CT molecular complexity index is 2690. The Labute approximate surface area is 424 Å². The Balaban J connectivity index is 1.12. The van der Waals surface area contributed by atoms with Gasteiger partial charge in [0.2, 0.25) is 5.91 Å². The van der Waals surface area contributed by atoms with E-state index in [1.807, 2.05) is 49.9 Å². The number of amides is 2. The van der Waals surface area contributed by atoms with Crippen LogP contribution >= 0.6 is 0 Å². The number of alkyl halides is 3. The Hall–Kier alpha value is -6.32. The molecule has 2 bridgehead atoms. The second kappa shape index (κ2) is 20.5. The van der Waals surface area contributed by atoms with Crippen LogP contribution in [0.4, 0.5) is 33.9 Å². The minimum absolute atomic E-state index is 0.0212. The third kappa shape index (κ3) is 10.6. The van der Waals surface area contributed by atoms with Crippen molar-refractivity contribution in [2.45, 2.75) is 134 Å². The Morgan fingerprint density at radius 1 is 0.904 bits per heavy atom. The molecule has 0 saturated carbocycles. The summed E-state index contributed by atoms with van der Waals surface area (Å²) in [6, 6.07) is 14.9. The number of carbonyl (C=O) groups is 2. The first kappa shape index (κ1) is 51.6. The molecule has 4 aromatic rings. The number of methoxy groups -OCH3 is 2. The Morgan fingerprint density at radius 2 is 1.53 bits per heavy atom. The summed E-state index contributed by atoms with van der Waals surface area (Å²) in [5.41, 5.74) is -1.06. The van der Waals surface area contributed by atoms with Crippen LogP contribution in [-0.4, -0.2) is 120 Å². The number of aromatic nitrogens is 2. The minimum atomic E-state index is -5.04. The number of hydrogen-bond acceptors (Lipinski definition) is 12. The molecule has 5 atom stereocenters. The fraction of sp³-hybridized carbons (Fsp3) is 0.527. The van der Waals surface area contributed by atoms with E-state index < -0.39 is 40.4 Å². The lowest BCUT2D eigenvalue weighted by molar-refractivity contribution is -0.140. The smallest absolute Gasteiger partial charge is 0.418 e. The predicted octanol–water partition coefficient (Wildman–Crippen LogP) is 9.10. The zero-order valence-electron chi connectivity index (χ0n) is 42.9. The molecule has 0 N–H and O–H groups in total. The van der Waals surface area contributed by atoms with Crippen molar-refractivity contribution >= 4 is 23.5 Å². The van der Waals surface area contributed by atoms with Crippen molar-refractivity contribution in [3.05, 3.63) is 99.5 Å². The summed E-state index contributed by atoms with van der Waals surface area (Å²) < 4.78 is 94.7. The van der Waals surface area contributed by atoms with Crippen LogP contribution in [0.15, 0.2) is 54.6 Å². The van der Waals surface area contributed by atoms with Crippen LogP contribution in [0.25, 0.3) is 0 Å². The van der Waals surface area contributed by atoms with Crippen molar-refractivity contribution in [2.75, 3.05) is 64.4 Å². The Morgan fingerprint density at radius 3 is 2.10 bits per heavy atom. The summed E-state index contributed by atoms with van der Waals surface area (Å²) in [5.74, 6) is 5.98. The van der Waals surface area contributed by atoms with Crippen molar-refractivity contribution in [3.63, 3.8) is 0 Å². The number of rotatable bonds is 13. The van der Waals surface area contributed by atoms with Gasteiger partial charge in [-0.05, 0) is 114 Å². The molecule has 4 fully saturated rings. The van der Waals surface area contributed by atoms with Gasteiger partial charge in [-0.1, -0.05) is 30.2 Å². The molecule has 14 nitrogen and oxygen atoms in total. The number of carbonyl (C=O) groups excluding carboxylic acids is 2. The zero-order chi connectivity index (χ0) is 52.0. The maximum atomic E-state index is 18.0. The summed E-state index contributed by atoms with van der Waals surface area (Å²) in [6.45, 7) is 8.68. The van der Waals surface area contributed by atoms with Crippen molar-refractivity contribution in [1.82, 2.24) is 24.7 Å². The van der Waals surface area contributed by atoms with Crippen molar-refractivity contribution in [2.24, 2.45) is 0 Å². The van der Waals surface area contributed by atoms with Gasteiger partial charge in [-0.3, -0.25) is 14.6 Å². The van der Waals surface area contributed by atoms with E-state index in [0.29, 0.717) is 48.1 Å². The van der Waals surface area contributed by atoms with E-state index in [0.717, 1.165) is 49.8 Å².